The third-order valence-electron chi connectivity index (χ3n) is 2.67. The van der Waals surface area contributed by atoms with Gasteiger partial charge in [0.2, 0.25) is 0 Å². The maximum absolute atomic E-state index is 5.91. The predicted molar refractivity (Wildman–Crippen MR) is 83.2 cm³/mol. The monoisotopic (exact) mass is 353 g/mol. The van der Waals surface area contributed by atoms with Gasteiger partial charge in [0, 0.05) is 3.57 Å². The van der Waals surface area contributed by atoms with Gasteiger partial charge in [-0.1, -0.05) is 17.7 Å². The zero-order chi connectivity index (χ0) is 13.0. The quantitative estimate of drug-likeness (QED) is 0.847. The van der Waals surface area contributed by atoms with Gasteiger partial charge in [-0.25, -0.2) is 0 Å². The molecule has 18 heavy (non-hydrogen) atoms. The highest BCUT2D eigenvalue weighted by molar-refractivity contribution is 14.1. The van der Waals surface area contributed by atoms with Crippen molar-refractivity contribution in [2.75, 3.05) is 6.54 Å². The lowest BCUT2D eigenvalue weighted by Crippen LogP contribution is -2.04. The zero-order valence-electron chi connectivity index (χ0n) is 10.3. The average molecular weight is 353 g/mol. The minimum atomic E-state index is 0.631. The van der Waals surface area contributed by atoms with Crippen LogP contribution < -0.4 is 10.5 Å². The second-order valence-electron chi connectivity index (χ2n) is 4.21. The first-order valence-electron chi connectivity index (χ1n) is 5.92. The molecule has 0 unspecified atom stereocenters. The molecule has 0 saturated heterocycles. The summed E-state index contributed by atoms with van der Waals surface area (Å²) in [5.74, 6) is 1.75. The third-order valence-corrected chi connectivity index (χ3v) is 3.39. The largest absolute Gasteiger partial charge is 0.457 e. The smallest absolute Gasteiger partial charge is 0.130 e. The highest BCUT2D eigenvalue weighted by atomic mass is 127. The van der Waals surface area contributed by atoms with E-state index in [9.17, 15) is 0 Å². The molecule has 0 saturated carbocycles. The summed E-state index contributed by atoms with van der Waals surface area (Å²) < 4.78 is 7.11. The molecule has 0 bridgehead atoms. The first kappa shape index (κ1) is 13.4. The van der Waals surface area contributed by atoms with Crippen molar-refractivity contribution < 1.29 is 4.74 Å². The molecule has 2 N–H and O–H groups in total. The number of hydrogen-bond acceptors (Lipinski definition) is 2. The van der Waals surface area contributed by atoms with Gasteiger partial charge in [0.15, 0.2) is 0 Å². The van der Waals surface area contributed by atoms with Gasteiger partial charge in [-0.3, -0.25) is 0 Å². The molecular weight excluding hydrogens is 337 g/mol. The standard InChI is InChI=1S/C15H16INO/c1-11-2-7-15(12(10-11)8-9-17)18-14-5-3-13(16)4-6-14/h2-7,10H,8-9,17H2,1H3. The Hall–Kier alpha value is -1.07. The van der Waals surface area contributed by atoms with Gasteiger partial charge in [-0.15, -0.1) is 0 Å². The van der Waals surface area contributed by atoms with Crippen molar-refractivity contribution in [2.24, 2.45) is 5.73 Å². The van der Waals surface area contributed by atoms with Crippen LogP contribution in [0, 0.1) is 10.5 Å². The van der Waals surface area contributed by atoms with Gasteiger partial charge >= 0.3 is 0 Å². The SMILES string of the molecule is Cc1ccc(Oc2ccc(I)cc2)c(CCN)c1. The molecule has 3 heteroatoms. The number of nitrogens with two attached hydrogens (primary N) is 1. The molecule has 0 atom stereocenters. The number of ether oxygens (including phenoxy) is 1. The highest BCUT2D eigenvalue weighted by Gasteiger charge is 2.05. The summed E-state index contributed by atoms with van der Waals surface area (Å²) >= 11 is 2.28. The van der Waals surface area contributed by atoms with E-state index in [-0.39, 0.29) is 0 Å². The lowest BCUT2D eigenvalue weighted by Gasteiger charge is -2.11. The predicted octanol–water partition coefficient (Wildman–Crippen LogP) is 3.89. The van der Waals surface area contributed by atoms with Crippen LogP contribution in [-0.4, -0.2) is 6.54 Å². The summed E-state index contributed by atoms with van der Waals surface area (Å²) in [6.45, 7) is 2.71. The fourth-order valence-electron chi connectivity index (χ4n) is 1.79. The van der Waals surface area contributed by atoms with Crippen LogP contribution in [0.5, 0.6) is 11.5 Å². The summed E-state index contributed by atoms with van der Waals surface area (Å²) in [4.78, 5) is 0. The summed E-state index contributed by atoms with van der Waals surface area (Å²) in [5.41, 5.74) is 8.03. The van der Waals surface area contributed by atoms with Crippen LogP contribution >= 0.6 is 22.6 Å². The van der Waals surface area contributed by atoms with Crippen molar-refractivity contribution in [3.8, 4) is 11.5 Å². The van der Waals surface area contributed by atoms with E-state index in [2.05, 4.69) is 41.6 Å². The maximum Gasteiger partial charge on any atom is 0.130 e. The Morgan fingerprint density at radius 3 is 2.50 bits per heavy atom. The molecule has 0 amide bonds. The second kappa shape index (κ2) is 6.20. The van der Waals surface area contributed by atoms with E-state index in [1.807, 2.05) is 30.3 Å². The van der Waals surface area contributed by atoms with E-state index in [1.165, 1.54) is 9.13 Å². The van der Waals surface area contributed by atoms with Gasteiger partial charge < -0.3 is 10.5 Å². The molecule has 0 radical (unpaired) electrons. The number of benzene rings is 2. The Morgan fingerprint density at radius 1 is 1.11 bits per heavy atom. The molecule has 2 aromatic rings. The number of halogens is 1. The minimum Gasteiger partial charge on any atom is -0.457 e. The maximum atomic E-state index is 5.91. The molecule has 0 fully saturated rings. The topological polar surface area (TPSA) is 35.2 Å². The van der Waals surface area contributed by atoms with E-state index >= 15 is 0 Å². The van der Waals surface area contributed by atoms with Gasteiger partial charge in [-0.2, -0.15) is 0 Å². The normalized spacial score (nSPS) is 10.4. The molecule has 2 rings (SSSR count). The summed E-state index contributed by atoms with van der Waals surface area (Å²) in [6.07, 6.45) is 0.835. The van der Waals surface area contributed by atoms with Gasteiger partial charge in [-0.05, 0) is 78.4 Å². The molecular formula is C15H16INO. The Kier molecular flexibility index (Phi) is 4.60. The molecule has 0 heterocycles. The lowest BCUT2D eigenvalue weighted by molar-refractivity contribution is 0.476. The van der Waals surface area contributed by atoms with Crippen LogP contribution in [0.3, 0.4) is 0 Å². The first-order valence-corrected chi connectivity index (χ1v) is 7.00. The van der Waals surface area contributed by atoms with Crippen LogP contribution in [0.2, 0.25) is 0 Å². The van der Waals surface area contributed by atoms with Crippen LogP contribution in [0.4, 0.5) is 0 Å². The van der Waals surface area contributed by atoms with E-state index in [1.54, 1.807) is 0 Å². The van der Waals surface area contributed by atoms with Crippen molar-refractivity contribution in [3.05, 3.63) is 57.2 Å². The molecule has 0 aliphatic carbocycles. The van der Waals surface area contributed by atoms with Crippen molar-refractivity contribution in [2.45, 2.75) is 13.3 Å². The number of aryl methyl sites for hydroxylation is 1. The highest BCUT2D eigenvalue weighted by Crippen LogP contribution is 2.27. The first-order chi connectivity index (χ1) is 8.69. The van der Waals surface area contributed by atoms with Crippen LogP contribution in [0.25, 0.3) is 0 Å². The van der Waals surface area contributed by atoms with Crippen LogP contribution in [0.1, 0.15) is 11.1 Å². The Bertz CT molecular complexity index is 523. The van der Waals surface area contributed by atoms with E-state index < -0.39 is 0 Å². The van der Waals surface area contributed by atoms with E-state index in [0.29, 0.717) is 6.54 Å². The third kappa shape index (κ3) is 3.46. The molecule has 0 spiro atoms. The van der Waals surface area contributed by atoms with Crippen molar-refractivity contribution in [1.82, 2.24) is 0 Å². The van der Waals surface area contributed by atoms with Crippen LogP contribution in [0.15, 0.2) is 42.5 Å². The molecule has 94 valence electrons. The van der Waals surface area contributed by atoms with E-state index in [0.717, 1.165) is 23.5 Å². The van der Waals surface area contributed by atoms with Gasteiger partial charge in [0.25, 0.3) is 0 Å². The number of hydrogen-bond donors (Lipinski definition) is 1. The van der Waals surface area contributed by atoms with Crippen molar-refractivity contribution in [3.63, 3.8) is 0 Å². The average Bonchev–Trinajstić information content (AvgIpc) is 2.36. The fraction of sp³-hybridized carbons (Fsp3) is 0.200. The zero-order valence-corrected chi connectivity index (χ0v) is 12.5. The second-order valence-corrected chi connectivity index (χ2v) is 5.45. The number of rotatable bonds is 4. The summed E-state index contributed by atoms with van der Waals surface area (Å²) in [6, 6.07) is 14.2. The molecule has 0 aromatic heterocycles. The Labute approximate surface area is 121 Å². The van der Waals surface area contributed by atoms with E-state index in [4.69, 9.17) is 10.5 Å². The lowest BCUT2D eigenvalue weighted by atomic mass is 10.1. The van der Waals surface area contributed by atoms with Crippen molar-refractivity contribution in [1.29, 1.82) is 0 Å². The minimum absolute atomic E-state index is 0.631. The summed E-state index contributed by atoms with van der Waals surface area (Å²) in [5, 5.41) is 0. The molecule has 0 aliphatic heterocycles. The fourth-order valence-corrected chi connectivity index (χ4v) is 2.15. The summed E-state index contributed by atoms with van der Waals surface area (Å²) in [7, 11) is 0. The van der Waals surface area contributed by atoms with Crippen molar-refractivity contribution >= 4 is 22.6 Å². The Balaban J connectivity index is 2.25. The van der Waals surface area contributed by atoms with Crippen LogP contribution in [-0.2, 0) is 6.42 Å². The van der Waals surface area contributed by atoms with Gasteiger partial charge in [0.05, 0.1) is 0 Å². The van der Waals surface area contributed by atoms with Gasteiger partial charge in [0.1, 0.15) is 11.5 Å². The molecule has 2 nitrogen and oxygen atoms in total. The Morgan fingerprint density at radius 2 is 1.83 bits per heavy atom. The molecule has 2 aromatic carbocycles. The molecule has 0 aliphatic rings.